The summed E-state index contributed by atoms with van der Waals surface area (Å²) in [5.74, 6) is 0.0275. The fraction of sp³-hybridized carbons (Fsp3) is 0.462. The number of rotatable bonds is 6. The molecule has 1 aromatic heterocycles. The van der Waals surface area contributed by atoms with Gasteiger partial charge in [-0.25, -0.2) is 4.39 Å². The first-order chi connectivity index (χ1) is 9.60. The van der Waals surface area contributed by atoms with E-state index in [0.29, 0.717) is 24.5 Å². The number of aromatic nitrogens is 4. The first-order valence-corrected chi connectivity index (χ1v) is 6.52. The van der Waals surface area contributed by atoms with E-state index < -0.39 is 6.10 Å². The zero-order chi connectivity index (χ0) is 14.5. The Morgan fingerprint density at radius 1 is 1.45 bits per heavy atom. The number of halogens is 1. The maximum Gasteiger partial charge on any atom is 0.205 e. The number of aliphatic hydroxyl groups excluding tert-OH is 1. The zero-order valence-electron chi connectivity index (χ0n) is 11.5. The summed E-state index contributed by atoms with van der Waals surface area (Å²) in [5, 5.41) is 23.2. The van der Waals surface area contributed by atoms with Crippen LogP contribution < -0.4 is 0 Å². The summed E-state index contributed by atoms with van der Waals surface area (Å²) in [4.78, 5) is 2.07. The van der Waals surface area contributed by atoms with Crippen molar-refractivity contribution in [2.45, 2.75) is 26.5 Å². The third-order valence-electron chi connectivity index (χ3n) is 3.02. The van der Waals surface area contributed by atoms with Crippen molar-refractivity contribution >= 4 is 0 Å². The van der Waals surface area contributed by atoms with E-state index in [1.54, 1.807) is 13.0 Å². The number of aliphatic hydroxyl groups is 1. The molecule has 2 N–H and O–H groups in total. The van der Waals surface area contributed by atoms with Gasteiger partial charge in [-0.3, -0.25) is 4.90 Å². The molecule has 7 heteroatoms. The molecule has 2 aromatic rings. The Morgan fingerprint density at radius 3 is 2.85 bits per heavy atom. The standard InChI is InChI=1S/C13H18FN5O/c1-3-19(7-9(2)20)8-10-4-5-11(14)6-12(10)13-15-17-18-16-13/h4-6,9,20H,3,7-8H2,1-2H3,(H,15,16,17,18). The minimum atomic E-state index is -0.413. The van der Waals surface area contributed by atoms with Gasteiger partial charge in [0.2, 0.25) is 5.82 Å². The average Bonchev–Trinajstić information content (AvgIpc) is 2.93. The summed E-state index contributed by atoms with van der Waals surface area (Å²) in [6.45, 7) is 5.69. The molecule has 1 aromatic carbocycles. The van der Waals surface area contributed by atoms with Crippen LogP contribution in [0.4, 0.5) is 4.39 Å². The van der Waals surface area contributed by atoms with Crippen molar-refractivity contribution in [1.82, 2.24) is 25.5 Å². The second kappa shape index (κ2) is 6.53. The molecule has 1 unspecified atom stereocenters. The summed E-state index contributed by atoms with van der Waals surface area (Å²) < 4.78 is 13.4. The van der Waals surface area contributed by atoms with Crippen LogP contribution in [0.5, 0.6) is 0 Å². The molecule has 0 amide bonds. The summed E-state index contributed by atoms with van der Waals surface area (Å²) in [6, 6.07) is 4.53. The number of tetrazole rings is 1. The van der Waals surface area contributed by atoms with Gasteiger partial charge < -0.3 is 5.11 Å². The molecule has 0 saturated carbocycles. The van der Waals surface area contributed by atoms with E-state index >= 15 is 0 Å². The van der Waals surface area contributed by atoms with Crippen LogP contribution in [0.1, 0.15) is 19.4 Å². The molecule has 1 atom stereocenters. The van der Waals surface area contributed by atoms with Crippen molar-refractivity contribution < 1.29 is 9.50 Å². The monoisotopic (exact) mass is 279 g/mol. The van der Waals surface area contributed by atoms with Gasteiger partial charge in [0, 0.05) is 18.7 Å². The Morgan fingerprint density at radius 2 is 2.25 bits per heavy atom. The molecule has 108 valence electrons. The molecule has 1 heterocycles. The number of nitrogens with zero attached hydrogens (tertiary/aromatic N) is 4. The maximum absolute atomic E-state index is 13.4. The molecule has 0 aliphatic rings. The molecule has 6 nitrogen and oxygen atoms in total. The molecule has 0 bridgehead atoms. The molecule has 20 heavy (non-hydrogen) atoms. The van der Waals surface area contributed by atoms with E-state index in [2.05, 4.69) is 25.5 Å². The summed E-state index contributed by atoms with van der Waals surface area (Å²) in [7, 11) is 0. The van der Waals surface area contributed by atoms with Crippen molar-refractivity contribution in [3.8, 4) is 11.4 Å². The molecule has 0 radical (unpaired) electrons. The van der Waals surface area contributed by atoms with Gasteiger partial charge in [0.1, 0.15) is 5.82 Å². The highest BCUT2D eigenvalue weighted by Crippen LogP contribution is 2.22. The Hall–Kier alpha value is -1.86. The number of likely N-dealkylation sites (N-methyl/N-ethyl adjacent to an activating group) is 1. The minimum Gasteiger partial charge on any atom is -0.392 e. The van der Waals surface area contributed by atoms with Crippen LogP contribution in [0.15, 0.2) is 18.2 Å². The third-order valence-corrected chi connectivity index (χ3v) is 3.02. The Kier molecular flexibility index (Phi) is 4.75. The molecule has 0 saturated heterocycles. The van der Waals surface area contributed by atoms with Crippen LogP contribution in [-0.2, 0) is 6.54 Å². The molecule has 2 rings (SSSR count). The lowest BCUT2D eigenvalue weighted by molar-refractivity contribution is 0.126. The molecule has 0 spiro atoms. The van der Waals surface area contributed by atoms with Crippen molar-refractivity contribution in [3.63, 3.8) is 0 Å². The lowest BCUT2D eigenvalue weighted by Gasteiger charge is -2.22. The van der Waals surface area contributed by atoms with Gasteiger partial charge in [0.05, 0.1) is 6.10 Å². The molecule has 0 fully saturated rings. The molecular formula is C13H18FN5O. The number of aromatic amines is 1. The van der Waals surface area contributed by atoms with E-state index in [9.17, 15) is 9.50 Å². The van der Waals surface area contributed by atoms with Crippen molar-refractivity contribution in [3.05, 3.63) is 29.6 Å². The summed E-state index contributed by atoms with van der Waals surface area (Å²) in [6.07, 6.45) is -0.413. The van der Waals surface area contributed by atoms with Crippen molar-refractivity contribution in [2.75, 3.05) is 13.1 Å². The highest BCUT2D eigenvalue weighted by molar-refractivity contribution is 5.59. The lowest BCUT2D eigenvalue weighted by atomic mass is 10.1. The number of H-pyrrole nitrogens is 1. The van der Waals surface area contributed by atoms with Gasteiger partial charge in [-0.1, -0.05) is 13.0 Å². The predicted molar refractivity (Wildman–Crippen MR) is 72.2 cm³/mol. The molecule has 0 aliphatic carbocycles. The van der Waals surface area contributed by atoms with Crippen LogP contribution >= 0.6 is 0 Å². The van der Waals surface area contributed by atoms with E-state index in [4.69, 9.17) is 0 Å². The predicted octanol–water partition coefficient (Wildman–Crippen LogP) is 1.21. The van der Waals surface area contributed by atoms with Crippen LogP contribution in [0.3, 0.4) is 0 Å². The van der Waals surface area contributed by atoms with Crippen LogP contribution in [0.25, 0.3) is 11.4 Å². The smallest absolute Gasteiger partial charge is 0.205 e. The maximum atomic E-state index is 13.4. The second-order valence-electron chi connectivity index (χ2n) is 4.71. The van der Waals surface area contributed by atoms with E-state index in [1.807, 2.05) is 6.92 Å². The summed E-state index contributed by atoms with van der Waals surface area (Å²) in [5.41, 5.74) is 1.51. The Bertz CT molecular complexity index is 544. The SMILES string of the molecule is CCN(Cc1ccc(F)cc1-c1nn[nH]n1)CC(C)O. The van der Waals surface area contributed by atoms with Gasteiger partial charge >= 0.3 is 0 Å². The minimum absolute atomic E-state index is 0.341. The van der Waals surface area contributed by atoms with Gasteiger partial charge in [0.15, 0.2) is 0 Å². The first kappa shape index (κ1) is 14.5. The largest absolute Gasteiger partial charge is 0.392 e. The summed E-state index contributed by atoms with van der Waals surface area (Å²) >= 11 is 0. The first-order valence-electron chi connectivity index (χ1n) is 6.52. The van der Waals surface area contributed by atoms with E-state index in [-0.39, 0.29) is 5.82 Å². The highest BCUT2D eigenvalue weighted by Gasteiger charge is 2.14. The van der Waals surface area contributed by atoms with Crippen LogP contribution in [-0.4, -0.2) is 49.8 Å². The molecule has 0 aliphatic heterocycles. The van der Waals surface area contributed by atoms with Crippen molar-refractivity contribution in [1.29, 1.82) is 0 Å². The van der Waals surface area contributed by atoms with Gasteiger partial charge in [0.25, 0.3) is 0 Å². The topological polar surface area (TPSA) is 77.9 Å². The molecular weight excluding hydrogens is 261 g/mol. The fourth-order valence-electron chi connectivity index (χ4n) is 2.09. The number of nitrogens with one attached hydrogen (secondary N) is 1. The second-order valence-corrected chi connectivity index (χ2v) is 4.71. The third kappa shape index (κ3) is 3.58. The van der Waals surface area contributed by atoms with Crippen molar-refractivity contribution in [2.24, 2.45) is 0 Å². The highest BCUT2D eigenvalue weighted by atomic mass is 19.1. The average molecular weight is 279 g/mol. The van der Waals surface area contributed by atoms with Crippen LogP contribution in [0, 0.1) is 5.82 Å². The van der Waals surface area contributed by atoms with E-state index in [0.717, 1.165) is 12.1 Å². The number of hydrogen-bond donors (Lipinski definition) is 2. The van der Waals surface area contributed by atoms with Gasteiger partial charge in [-0.05, 0) is 36.4 Å². The normalized spacial score (nSPS) is 12.8. The zero-order valence-corrected chi connectivity index (χ0v) is 11.5. The Balaban J connectivity index is 2.27. The lowest BCUT2D eigenvalue weighted by Crippen LogP contribution is -2.30. The van der Waals surface area contributed by atoms with Gasteiger partial charge in [-0.15, -0.1) is 10.2 Å². The van der Waals surface area contributed by atoms with E-state index in [1.165, 1.54) is 12.1 Å². The quantitative estimate of drug-likeness (QED) is 0.831. The van der Waals surface area contributed by atoms with Crippen LogP contribution in [0.2, 0.25) is 0 Å². The Labute approximate surface area is 116 Å². The number of hydrogen-bond acceptors (Lipinski definition) is 5. The number of benzene rings is 1. The fourth-order valence-corrected chi connectivity index (χ4v) is 2.09. The van der Waals surface area contributed by atoms with Gasteiger partial charge in [-0.2, -0.15) is 5.21 Å².